The first kappa shape index (κ1) is 10.5. The van der Waals surface area contributed by atoms with Gasteiger partial charge in [-0.3, -0.25) is 4.68 Å². The minimum Gasteiger partial charge on any atom is -0.396 e. The Labute approximate surface area is 99.5 Å². The zero-order valence-electron chi connectivity index (χ0n) is 9.26. The highest BCUT2D eigenvalue weighted by molar-refractivity contribution is 7.99. The van der Waals surface area contributed by atoms with Crippen LogP contribution in [0.3, 0.4) is 0 Å². The predicted octanol–water partition coefficient (Wildman–Crippen LogP) is 1.69. The lowest BCUT2D eigenvalue weighted by Crippen LogP contribution is -2.40. The van der Waals surface area contributed by atoms with E-state index in [1.54, 1.807) is 6.20 Å². The number of ether oxygens (including phenoxy) is 1. The molecule has 2 aliphatic heterocycles. The minimum atomic E-state index is 0.119. The predicted molar refractivity (Wildman–Crippen MR) is 65.5 cm³/mol. The van der Waals surface area contributed by atoms with E-state index in [9.17, 15) is 0 Å². The number of nitrogen functional groups attached to an aromatic ring is 1. The third kappa shape index (κ3) is 1.82. The van der Waals surface area contributed by atoms with Crippen LogP contribution in [-0.2, 0) is 4.74 Å². The fourth-order valence-corrected chi connectivity index (χ4v) is 4.02. The number of hydrogen-bond acceptors (Lipinski definition) is 4. The van der Waals surface area contributed by atoms with Crippen molar-refractivity contribution in [3.63, 3.8) is 0 Å². The largest absolute Gasteiger partial charge is 0.396 e. The molecule has 2 unspecified atom stereocenters. The maximum Gasteiger partial charge on any atom is 0.0800 e. The van der Waals surface area contributed by atoms with Crippen molar-refractivity contribution >= 4 is 17.4 Å². The summed E-state index contributed by atoms with van der Waals surface area (Å²) in [4.78, 5) is 0. The molecular weight excluding hydrogens is 222 g/mol. The van der Waals surface area contributed by atoms with Gasteiger partial charge < -0.3 is 10.5 Å². The molecule has 3 heterocycles. The van der Waals surface area contributed by atoms with Crippen LogP contribution in [-0.4, -0.2) is 33.5 Å². The molecule has 1 aromatic rings. The Morgan fingerprint density at radius 2 is 2.56 bits per heavy atom. The van der Waals surface area contributed by atoms with Crippen LogP contribution < -0.4 is 5.73 Å². The third-order valence-electron chi connectivity index (χ3n) is 3.53. The zero-order valence-corrected chi connectivity index (χ0v) is 10.1. The molecule has 88 valence electrons. The van der Waals surface area contributed by atoms with E-state index in [4.69, 9.17) is 10.5 Å². The van der Waals surface area contributed by atoms with Gasteiger partial charge in [0.15, 0.2) is 0 Å². The number of hydrogen-bond donors (Lipinski definition) is 1. The SMILES string of the molecule is Nc1cnn(C2CCOC3(CCSC3)C2)c1. The van der Waals surface area contributed by atoms with Crippen LogP contribution in [0.15, 0.2) is 12.4 Å². The summed E-state index contributed by atoms with van der Waals surface area (Å²) in [5.41, 5.74) is 6.58. The molecule has 0 radical (unpaired) electrons. The fourth-order valence-electron chi connectivity index (χ4n) is 2.64. The minimum absolute atomic E-state index is 0.119. The molecule has 0 amide bonds. The van der Waals surface area contributed by atoms with Gasteiger partial charge in [0.1, 0.15) is 0 Å². The Bertz CT molecular complexity index is 373. The summed E-state index contributed by atoms with van der Waals surface area (Å²) >= 11 is 2.00. The van der Waals surface area contributed by atoms with Crippen LogP contribution in [0.2, 0.25) is 0 Å². The average Bonchev–Trinajstić information content (AvgIpc) is 2.89. The Kier molecular flexibility index (Phi) is 2.59. The van der Waals surface area contributed by atoms with E-state index in [2.05, 4.69) is 5.10 Å². The van der Waals surface area contributed by atoms with E-state index in [-0.39, 0.29) is 5.60 Å². The normalized spacial score (nSPS) is 34.6. The molecule has 5 heteroatoms. The molecule has 3 rings (SSSR count). The van der Waals surface area contributed by atoms with Gasteiger partial charge in [-0.1, -0.05) is 0 Å². The van der Waals surface area contributed by atoms with Crippen LogP contribution >= 0.6 is 11.8 Å². The van der Waals surface area contributed by atoms with Gasteiger partial charge in [-0.05, 0) is 25.0 Å². The molecular formula is C11H17N3OS. The highest BCUT2D eigenvalue weighted by Crippen LogP contribution is 2.41. The van der Waals surface area contributed by atoms with Crippen LogP contribution in [0, 0.1) is 0 Å². The number of nitrogens with zero attached hydrogens (tertiary/aromatic N) is 2. The lowest BCUT2D eigenvalue weighted by Gasteiger charge is -2.37. The molecule has 0 aromatic carbocycles. The van der Waals surface area contributed by atoms with Crippen LogP contribution in [0.4, 0.5) is 5.69 Å². The molecule has 2 fully saturated rings. The second kappa shape index (κ2) is 3.96. The number of rotatable bonds is 1. The number of aromatic nitrogens is 2. The standard InChI is InChI=1S/C11H17N3OS/c12-9-6-13-14(7-9)10-1-3-15-11(5-10)2-4-16-8-11/h6-7,10H,1-5,8,12H2. The molecule has 2 saturated heterocycles. The average molecular weight is 239 g/mol. The van der Waals surface area contributed by atoms with Gasteiger partial charge in [0.25, 0.3) is 0 Å². The quantitative estimate of drug-likeness (QED) is 0.810. The molecule has 4 nitrogen and oxygen atoms in total. The molecule has 2 atom stereocenters. The van der Waals surface area contributed by atoms with E-state index in [0.717, 1.165) is 30.9 Å². The van der Waals surface area contributed by atoms with E-state index >= 15 is 0 Å². The van der Waals surface area contributed by atoms with Crippen molar-refractivity contribution in [1.82, 2.24) is 9.78 Å². The van der Waals surface area contributed by atoms with Gasteiger partial charge in [0.2, 0.25) is 0 Å². The molecule has 2 aliphatic rings. The highest BCUT2D eigenvalue weighted by Gasteiger charge is 2.41. The van der Waals surface area contributed by atoms with Gasteiger partial charge >= 0.3 is 0 Å². The summed E-state index contributed by atoms with van der Waals surface area (Å²) in [6, 6.07) is 0.463. The van der Waals surface area contributed by atoms with Crippen molar-refractivity contribution in [3.8, 4) is 0 Å². The van der Waals surface area contributed by atoms with Crippen molar-refractivity contribution in [1.29, 1.82) is 0 Å². The van der Waals surface area contributed by atoms with Gasteiger partial charge in [0.05, 0.1) is 23.5 Å². The third-order valence-corrected chi connectivity index (χ3v) is 4.75. The number of anilines is 1. The Hall–Kier alpha value is -0.680. The summed E-state index contributed by atoms with van der Waals surface area (Å²) in [7, 11) is 0. The summed E-state index contributed by atoms with van der Waals surface area (Å²) in [6.07, 6.45) is 6.98. The summed E-state index contributed by atoms with van der Waals surface area (Å²) in [6.45, 7) is 0.852. The lowest BCUT2D eigenvalue weighted by atomic mass is 9.90. The summed E-state index contributed by atoms with van der Waals surface area (Å²) in [5.74, 6) is 2.37. The maximum atomic E-state index is 5.99. The van der Waals surface area contributed by atoms with Crippen LogP contribution in [0.5, 0.6) is 0 Å². The smallest absolute Gasteiger partial charge is 0.0800 e. The van der Waals surface area contributed by atoms with Gasteiger partial charge in [-0.15, -0.1) is 0 Å². The summed E-state index contributed by atoms with van der Waals surface area (Å²) < 4.78 is 8.01. The van der Waals surface area contributed by atoms with Crippen molar-refractivity contribution in [2.24, 2.45) is 0 Å². The molecule has 2 N–H and O–H groups in total. The van der Waals surface area contributed by atoms with E-state index in [0.29, 0.717) is 6.04 Å². The fraction of sp³-hybridized carbons (Fsp3) is 0.727. The summed E-state index contributed by atoms with van der Waals surface area (Å²) in [5, 5.41) is 4.32. The molecule has 0 saturated carbocycles. The van der Waals surface area contributed by atoms with E-state index < -0.39 is 0 Å². The first-order valence-corrected chi connectivity index (χ1v) is 6.94. The topological polar surface area (TPSA) is 53.1 Å². The highest BCUT2D eigenvalue weighted by atomic mass is 32.2. The Balaban J connectivity index is 1.77. The molecule has 1 spiro atoms. The molecule has 1 aromatic heterocycles. The monoisotopic (exact) mass is 239 g/mol. The molecule has 16 heavy (non-hydrogen) atoms. The Morgan fingerprint density at radius 1 is 1.62 bits per heavy atom. The van der Waals surface area contributed by atoms with E-state index in [1.165, 1.54) is 12.2 Å². The molecule has 0 bridgehead atoms. The number of nitrogens with two attached hydrogens (primary N) is 1. The van der Waals surface area contributed by atoms with Crippen molar-refractivity contribution < 1.29 is 4.74 Å². The first-order chi connectivity index (χ1) is 7.77. The van der Waals surface area contributed by atoms with Crippen LogP contribution in [0.25, 0.3) is 0 Å². The van der Waals surface area contributed by atoms with Crippen molar-refractivity contribution in [2.75, 3.05) is 23.8 Å². The second-order valence-corrected chi connectivity index (χ2v) is 5.84. The molecule has 0 aliphatic carbocycles. The lowest BCUT2D eigenvalue weighted by molar-refractivity contribution is -0.0778. The van der Waals surface area contributed by atoms with Gasteiger partial charge in [-0.25, -0.2) is 0 Å². The zero-order chi connectivity index (χ0) is 11.0. The van der Waals surface area contributed by atoms with Crippen molar-refractivity contribution in [2.45, 2.75) is 30.9 Å². The van der Waals surface area contributed by atoms with E-state index in [1.807, 2.05) is 22.6 Å². The van der Waals surface area contributed by atoms with Crippen LogP contribution in [0.1, 0.15) is 25.3 Å². The first-order valence-electron chi connectivity index (χ1n) is 5.79. The van der Waals surface area contributed by atoms with Gasteiger partial charge in [0, 0.05) is 18.6 Å². The Morgan fingerprint density at radius 3 is 3.25 bits per heavy atom. The second-order valence-electron chi connectivity index (χ2n) is 4.73. The maximum absolute atomic E-state index is 5.99. The van der Waals surface area contributed by atoms with Crippen molar-refractivity contribution in [3.05, 3.63) is 12.4 Å². The van der Waals surface area contributed by atoms with Gasteiger partial charge in [-0.2, -0.15) is 16.9 Å². The number of thioether (sulfide) groups is 1.